The van der Waals surface area contributed by atoms with E-state index in [-0.39, 0.29) is 46.4 Å². The third kappa shape index (κ3) is 4.96. The summed E-state index contributed by atoms with van der Waals surface area (Å²) in [4.78, 5) is 47.1. The molecule has 2 heterocycles. The smallest absolute Gasteiger partial charge is 0.348 e. The number of aryl methyl sites for hydroxylation is 2. The van der Waals surface area contributed by atoms with Crippen molar-refractivity contribution >= 4 is 39.9 Å². The molecule has 2 aromatic heterocycles. The van der Waals surface area contributed by atoms with Crippen LogP contribution in [0.4, 0.5) is 10.7 Å². The molecule has 29 heavy (non-hydrogen) atoms. The molecule has 0 aliphatic rings. The zero-order valence-corrected chi connectivity index (χ0v) is 17.1. The van der Waals surface area contributed by atoms with Crippen LogP contribution < -0.4 is 5.32 Å². The second-order valence-electron chi connectivity index (χ2n) is 5.89. The molecule has 0 aromatic carbocycles. The Kier molecular flexibility index (Phi) is 7.04. The van der Waals surface area contributed by atoms with Crippen LogP contribution >= 0.6 is 11.3 Å². The molecular formula is C17H20N4O7S. The maximum Gasteiger partial charge on any atom is 0.348 e. The summed E-state index contributed by atoms with van der Waals surface area (Å²) in [5, 5.41) is 17.6. The van der Waals surface area contributed by atoms with Crippen LogP contribution in [0.5, 0.6) is 0 Å². The normalized spacial score (nSPS) is 10.5. The molecule has 0 saturated carbocycles. The molecule has 0 aliphatic heterocycles. The van der Waals surface area contributed by atoms with Crippen molar-refractivity contribution in [2.75, 3.05) is 19.0 Å². The number of carbonyl (C=O) groups is 3. The van der Waals surface area contributed by atoms with E-state index >= 15 is 0 Å². The summed E-state index contributed by atoms with van der Waals surface area (Å²) in [6.45, 7) is 5.00. The van der Waals surface area contributed by atoms with E-state index < -0.39 is 22.8 Å². The van der Waals surface area contributed by atoms with E-state index in [0.717, 1.165) is 11.3 Å². The Balaban J connectivity index is 2.17. The van der Waals surface area contributed by atoms with Crippen LogP contribution in [0.3, 0.4) is 0 Å². The number of hydrogen-bond donors (Lipinski definition) is 1. The van der Waals surface area contributed by atoms with E-state index in [1.807, 2.05) is 0 Å². The van der Waals surface area contributed by atoms with Gasteiger partial charge < -0.3 is 14.8 Å². The number of anilines is 1. The molecule has 0 unspecified atom stereocenters. The lowest BCUT2D eigenvalue weighted by Crippen LogP contribution is -2.16. The number of nitrogens with one attached hydrogen (secondary N) is 1. The van der Waals surface area contributed by atoms with Crippen LogP contribution in [0, 0.1) is 24.0 Å². The van der Waals surface area contributed by atoms with Crippen molar-refractivity contribution in [3.8, 4) is 0 Å². The molecule has 0 fully saturated rings. The highest BCUT2D eigenvalue weighted by molar-refractivity contribution is 7.18. The molecular weight excluding hydrogens is 404 g/mol. The van der Waals surface area contributed by atoms with E-state index in [4.69, 9.17) is 9.47 Å². The van der Waals surface area contributed by atoms with Gasteiger partial charge in [0.25, 0.3) is 0 Å². The second kappa shape index (κ2) is 9.28. The lowest BCUT2D eigenvalue weighted by molar-refractivity contribution is -0.385. The van der Waals surface area contributed by atoms with Crippen molar-refractivity contribution in [1.82, 2.24) is 9.78 Å². The van der Waals surface area contributed by atoms with Crippen molar-refractivity contribution in [2.45, 2.75) is 33.7 Å². The third-order valence-corrected chi connectivity index (χ3v) is 5.12. The van der Waals surface area contributed by atoms with Gasteiger partial charge in [0.05, 0.1) is 24.2 Å². The molecule has 0 saturated heterocycles. The third-order valence-electron chi connectivity index (χ3n) is 3.94. The van der Waals surface area contributed by atoms with Gasteiger partial charge in [0.1, 0.15) is 21.8 Å². The molecule has 0 aliphatic carbocycles. The number of thiophene rings is 1. The van der Waals surface area contributed by atoms with Gasteiger partial charge in [-0.3, -0.25) is 19.6 Å². The first kappa shape index (κ1) is 22.0. The van der Waals surface area contributed by atoms with Gasteiger partial charge in [0.2, 0.25) is 5.91 Å². The number of amides is 1. The zero-order valence-electron chi connectivity index (χ0n) is 16.3. The van der Waals surface area contributed by atoms with E-state index in [1.165, 1.54) is 24.9 Å². The van der Waals surface area contributed by atoms with Gasteiger partial charge in [-0.1, -0.05) is 0 Å². The quantitative estimate of drug-likeness (QED) is 0.387. The van der Waals surface area contributed by atoms with E-state index in [1.54, 1.807) is 13.8 Å². The maximum atomic E-state index is 12.3. The summed E-state index contributed by atoms with van der Waals surface area (Å²) < 4.78 is 11.0. The minimum atomic E-state index is -0.692. The predicted octanol–water partition coefficient (Wildman–Crippen LogP) is 2.46. The summed E-state index contributed by atoms with van der Waals surface area (Å²) in [6.07, 6.45) is 1.20. The number of nitro groups is 1. The largest absolute Gasteiger partial charge is 0.465 e. The summed E-state index contributed by atoms with van der Waals surface area (Å²) in [7, 11) is 1.20. The predicted molar refractivity (Wildman–Crippen MR) is 103 cm³/mol. The molecule has 0 radical (unpaired) electrons. The Labute approximate surface area is 169 Å². The highest BCUT2D eigenvalue weighted by Gasteiger charge is 2.27. The number of esters is 2. The average Bonchev–Trinajstić information content (AvgIpc) is 3.19. The van der Waals surface area contributed by atoms with Crippen molar-refractivity contribution in [3.63, 3.8) is 0 Å². The van der Waals surface area contributed by atoms with Gasteiger partial charge in [-0.2, -0.15) is 5.10 Å². The number of methoxy groups -OCH3 is 1. The molecule has 2 aromatic rings. The van der Waals surface area contributed by atoms with Gasteiger partial charge in [-0.25, -0.2) is 9.59 Å². The van der Waals surface area contributed by atoms with Crippen LogP contribution in [-0.4, -0.2) is 46.3 Å². The number of rotatable bonds is 8. The van der Waals surface area contributed by atoms with Crippen LogP contribution in [0.2, 0.25) is 0 Å². The summed E-state index contributed by atoms with van der Waals surface area (Å²) in [5.74, 6) is -1.74. The van der Waals surface area contributed by atoms with Crippen LogP contribution in [0.1, 0.15) is 44.6 Å². The highest BCUT2D eigenvalue weighted by Crippen LogP contribution is 2.34. The summed E-state index contributed by atoms with van der Waals surface area (Å²) in [5.41, 5.74) is 0.552. The number of nitrogens with zero attached hydrogens (tertiary/aromatic N) is 3. The SMILES string of the molecule is CCOC(=O)c1sc(NC(=O)CCn2cc([N+](=O)[O-])c(C)n2)c(C(=O)OC)c1C. The Morgan fingerprint density at radius 3 is 2.55 bits per heavy atom. The maximum absolute atomic E-state index is 12.3. The molecule has 2 rings (SSSR count). The van der Waals surface area contributed by atoms with Crippen molar-refractivity contribution < 1.29 is 28.8 Å². The number of carbonyl (C=O) groups excluding carboxylic acids is 3. The van der Waals surface area contributed by atoms with Crippen molar-refractivity contribution in [1.29, 1.82) is 0 Å². The van der Waals surface area contributed by atoms with Crippen LogP contribution in [0.15, 0.2) is 6.20 Å². The highest BCUT2D eigenvalue weighted by atomic mass is 32.1. The second-order valence-corrected chi connectivity index (χ2v) is 6.91. The Morgan fingerprint density at radius 1 is 1.31 bits per heavy atom. The van der Waals surface area contributed by atoms with Crippen molar-refractivity contribution in [2.24, 2.45) is 0 Å². The standard InChI is InChI=1S/C17H20N4O7S/c1-5-28-17(24)14-9(2)13(16(23)27-4)15(29-14)18-12(22)6-7-20-8-11(21(25)26)10(3)19-20/h8H,5-7H2,1-4H3,(H,18,22). The average molecular weight is 424 g/mol. The molecule has 0 bridgehead atoms. The van der Waals surface area contributed by atoms with Gasteiger partial charge in [-0.05, 0) is 26.3 Å². The van der Waals surface area contributed by atoms with Gasteiger partial charge in [0.15, 0.2) is 0 Å². The minimum absolute atomic E-state index is 0.0510. The molecule has 0 atom stereocenters. The molecule has 12 heteroatoms. The van der Waals surface area contributed by atoms with Crippen LogP contribution in [0.25, 0.3) is 0 Å². The first-order valence-electron chi connectivity index (χ1n) is 8.56. The number of aromatic nitrogens is 2. The monoisotopic (exact) mass is 424 g/mol. The minimum Gasteiger partial charge on any atom is -0.465 e. The molecule has 0 spiro atoms. The fourth-order valence-electron chi connectivity index (χ4n) is 2.55. The summed E-state index contributed by atoms with van der Waals surface area (Å²) >= 11 is 0.919. The zero-order chi connectivity index (χ0) is 21.7. The van der Waals surface area contributed by atoms with E-state index in [0.29, 0.717) is 5.56 Å². The Hall–Kier alpha value is -3.28. The first-order valence-corrected chi connectivity index (χ1v) is 9.38. The number of ether oxygens (including phenoxy) is 2. The van der Waals surface area contributed by atoms with Crippen LogP contribution in [-0.2, 0) is 20.8 Å². The first-order chi connectivity index (χ1) is 13.7. The number of hydrogen-bond acceptors (Lipinski definition) is 9. The lowest BCUT2D eigenvalue weighted by atomic mass is 10.1. The molecule has 11 nitrogen and oxygen atoms in total. The van der Waals surface area contributed by atoms with Crippen molar-refractivity contribution in [3.05, 3.63) is 38.0 Å². The Bertz CT molecular complexity index is 963. The lowest BCUT2D eigenvalue weighted by Gasteiger charge is -2.06. The molecule has 1 amide bonds. The summed E-state index contributed by atoms with van der Waals surface area (Å²) in [6, 6.07) is 0. The fourth-order valence-corrected chi connectivity index (χ4v) is 3.65. The van der Waals surface area contributed by atoms with Gasteiger partial charge >= 0.3 is 17.6 Å². The van der Waals surface area contributed by atoms with Gasteiger partial charge in [-0.15, -0.1) is 11.3 Å². The Morgan fingerprint density at radius 2 is 2.00 bits per heavy atom. The topological polar surface area (TPSA) is 143 Å². The fraction of sp³-hybridized carbons (Fsp3) is 0.412. The molecule has 1 N–H and O–H groups in total. The van der Waals surface area contributed by atoms with E-state index in [9.17, 15) is 24.5 Å². The van der Waals surface area contributed by atoms with E-state index in [2.05, 4.69) is 10.4 Å². The van der Waals surface area contributed by atoms with Gasteiger partial charge in [0, 0.05) is 13.0 Å². The molecule has 156 valence electrons.